The van der Waals surface area contributed by atoms with Crippen molar-refractivity contribution in [3.8, 4) is 0 Å². The summed E-state index contributed by atoms with van der Waals surface area (Å²) in [5.41, 5.74) is -0.468. The van der Waals surface area contributed by atoms with Crippen LogP contribution in [-0.4, -0.2) is 57.0 Å². The van der Waals surface area contributed by atoms with E-state index < -0.39 is 29.4 Å². The number of hydrogen-bond donors (Lipinski definition) is 0. The van der Waals surface area contributed by atoms with E-state index in [1.807, 2.05) is 10.8 Å². The van der Waals surface area contributed by atoms with Crippen molar-refractivity contribution in [1.82, 2.24) is 14.5 Å². The number of ether oxygens (including phenoxy) is 3. The summed E-state index contributed by atoms with van der Waals surface area (Å²) in [5.74, 6) is -0.463. The van der Waals surface area contributed by atoms with Gasteiger partial charge in [-0.15, -0.1) is 0 Å². The molecule has 0 N–H and O–H groups in total. The maximum Gasteiger partial charge on any atom is 0.419 e. The molecule has 2 amide bonds. The topological polar surface area (TPSA) is 100.0 Å². The summed E-state index contributed by atoms with van der Waals surface area (Å²) in [5, 5.41) is 0. The number of carbonyl (C=O) groups excluding carboxylic acids is 3. The summed E-state index contributed by atoms with van der Waals surface area (Å²) in [6, 6.07) is 0. The van der Waals surface area contributed by atoms with Crippen LogP contribution in [0.4, 0.5) is 9.59 Å². The van der Waals surface area contributed by atoms with Gasteiger partial charge >= 0.3 is 18.2 Å². The molecule has 0 radical (unpaired) electrons. The van der Waals surface area contributed by atoms with Crippen LogP contribution in [0.2, 0.25) is 0 Å². The van der Waals surface area contributed by atoms with Crippen LogP contribution in [-0.2, 0) is 25.5 Å². The van der Waals surface area contributed by atoms with Crippen molar-refractivity contribution >= 4 is 23.7 Å². The van der Waals surface area contributed by atoms with Crippen molar-refractivity contribution in [3.63, 3.8) is 0 Å². The number of allylic oxidation sites excluding steroid dienone is 1. The van der Waals surface area contributed by atoms with Gasteiger partial charge < -0.3 is 18.8 Å². The second-order valence-electron chi connectivity index (χ2n) is 11.9. The highest BCUT2D eigenvalue weighted by Gasteiger charge is 2.30. The monoisotopic (exact) mass is 507 g/mol. The minimum atomic E-state index is -0.774. The number of aromatic nitrogens is 2. The zero-order valence-corrected chi connectivity index (χ0v) is 23.8. The Labute approximate surface area is 216 Å². The Bertz CT molecular complexity index is 885. The summed E-state index contributed by atoms with van der Waals surface area (Å²) in [7, 11) is 0. The predicted octanol–water partition coefficient (Wildman–Crippen LogP) is 6.22. The number of nitrogens with zero attached hydrogens (tertiary/aromatic N) is 3. The van der Waals surface area contributed by atoms with Gasteiger partial charge in [-0.1, -0.05) is 26.8 Å². The molecule has 0 aliphatic heterocycles. The molecule has 0 aliphatic carbocycles. The number of imide groups is 1. The molecule has 0 saturated heterocycles. The largest absolute Gasteiger partial charge is 0.462 e. The molecule has 36 heavy (non-hydrogen) atoms. The van der Waals surface area contributed by atoms with Crippen LogP contribution in [0, 0.1) is 5.41 Å². The third-order valence-corrected chi connectivity index (χ3v) is 4.69. The molecule has 9 nitrogen and oxygen atoms in total. The third-order valence-electron chi connectivity index (χ3n) is 4.69. The Morgan fingerprint density at radius 1 is 0.972 bits per heavy atom. The molecular formula is C27H45N3O6. The Hall–Kier alpha value is -2.84. The normalized spacial score (nSPS) is 12.8. The molecule has 0 bridgehead atoms. The molecule has 1 heterocycles. The van der Waals surface area contributed by atoms with Gasteiger partial charge in [-0.25, -0.2) is 24.3 Å². The first-order valence-electron chi connectivity index (χ1n) is 12.5. The number of amides is 2. The zero-order chi connectivity index (χ0) is 27.7. The number of rotatable bonds is 9. The van der Waals surface area contributed by atoms with Gasteiger partial charge in [0, 0.05) is 19.3 Å². The standard InChI is InChI=1S/C27H45N3O6/c1-11-34-22(31)20(21-18-29(19-28-21)17-15-25(2,3)4)14-12-13-16-30(23(32)35-26(5,6)7)24(33)36-27(8,9)10/h14,18-19H,11-13,15-17H2,1-10H3. The van der Waals surface area contributed by atoms with E-state index >= 15 is 0 Å². The number of imidazole rings is 1. The van der Waals surface area contributed by atoms with Gasteiger partial charge in [0.05, 0.1) is 24.2 Å². The van der Waals surface area contributed by atoms with Gasteiger partial charge in [0.2, 0.25) is 0 Å². The lowest BCUT2D eigenvalue weighted by Gasteiger charge is -2.28. The highest BCUT2D eigenvalue weighted by Crippen LogP contribution is 2.21. The van der Waals surface area contributed by atoms with E-state index in [1.165, 1.54) is 0 Å². The van der Waals surface area contributed by atoms with Crippen molar-refractivity contribution in [3.05, 3.63) is 24.3 Å². The zero-order valence-electron chi connectivity index (χ0n) is 23.8. The summed E-state index contributed by atoms with van der Waals surface area (Å²) in [6.07, 6.45) is 5.50. The maximum atomic E-state index is 12.7. The predicted molar refractivity (Wildman–Crippen MR) is 139 cm³/mol. The average Bonchev–Trinajstić information content (AvgIpc) is 3.14. The Morgan fingerprint density at radius 3 is 2.00 bits per heavy atom. The van der Waals surface area contributed by atoms with E-state index in [-0.39, 0.29) is 18.6 Å². The highest BCUT2D eigenvalue weighted by atomic mass is 16.6. The van der Waals surface area contributed by atoms with Gasteiger partial charge in [-0.2, -0.15) is 0 Å². The molecule has 0 unspecified atom stereocenters. The number of carbonyl (C=O) groups is 3. The molecule has 0 saturated carbocycles. The van der Waals surface area contributed by atoms with Gasteiger partial charge in [-0.3, -0.25) is 0 Å². The molecular weight excluding hydrogens is 462 g/mol. The molecule has 0 atom stereocenters. The Morgan fingerprint density at radius 2 is 1.53 bits per heavy atom. The third kappa shape index (κ3) is 12.2. The number of esters is 1. The van der Waals surface area contributed by atoms with Crippen LogP contribution in [0.3, 0.4) is 0 Å². The number of aryl methyl sites for hydroxylation is 1. The molecule has 1 aromatic rings. The van der Waals surface area contributed by atoms with E-state index in [4.69, 9.17) is 14.2 Å². The molecule has 0 fully saturated rings. The molecule has 0 spiro atoms. The summed E-state index contributed by atoms with van der Waals surface area (Å²) >= 11 is 0. The average molecular weight is 508 g/mol. The van der Waals surface area contributed by atoms with Crippen LogP contribution >= 0.6 is 0 Å². The fourth-order valence-corrected chi connectivity index (χ4v) is 2.97. The van der Waals surface area contributed by atoms with Crippen molar-refractivity contribution < 1.29 is 28.6 Å². The number of unbranched alkanes of at least 4 members (excludes halogenated alkanes) is 1. The maximum absolute atomic E-state index is 12.7. The molecule has 0 aromatic carbocycles. The lowest BCUT2D eigenvalue weighted by molar-refractivity contribution is -0.136. The van der Waals surface area contributed by atoms with Crippen LogP contribution in [0.1, 0.15) is 94.2 Å². The van der Waals surface area contributed by atoms with Crippen LogP contribution in [0.15, 0.2) is 18.6 Å². The Balaban J connectivity index is 3.00. The van der Waals surface area contributed by atoms with Gasteiger partial charge in [0.25, 0.3) is 0 Å². The number of hydrogen-bond acceptors (Lipinski definition) is 7. The first-order valence-corrected chi connectivity index (χ1v) is 12.5. The van der Waals surface area contributed by atoms with Crippen molar-refractivity contribution in [2.75, 3.05) is 13.2 Å². The fraction of sp³-hybridized carbons (Fsp3) is 0.704. The fourth-order valence-electron chi connectivity index (χ4n) is 2.97. The Kier molecular flexibility index (Phi) is 11.2. The van der Waals surface area contributed by atoms with E-state index in [2.05, 4.69) is 25.8 Å². The quantitative estimate of drug-likeness (QED) is 0.169. The summed E-state index contributed by atoms with van der Waals surface area (Å²) in [6.45, 7) is 19.7. The van der Waals surface area contributed by atoms with Gasteiger partial charge in [-0.05, 0) is 73.1 Å². The lowest BCUT2D eigenvalue weighted by atomic mass is 9.92. The lowest BCUT2D eigenvalue weighted by Crippen LogP contribution is -2.44. The molecule has 0 aliphatic rings. The first-order chi connectivity index (χ1) is 16.4. The second-order valence-corrected chi connectivity index (χ2v) is 11.9. The first kappa shape index (κ1) is 31.2. The van der Waals surface area contributed by atoms with Crippen LogP contribution < -0.4 is 0 Å². The summed E-state index contributed by atoms with van der Waals surface area (Å²) < 4.78 is 18.0. The SMILES string of the molecule is CCOC(=O)C(=CCCCN(C(=O)OC(C)(C)C)C(=O)OC(C)(C)C)c1cn(CCC(C)(C)C)cn1. The van der Waals surface area contributed by atoms with E-state index in [0.717, 1.165) is 17.9 Å². The molecule has 1 aromatic heterocycles. The van der Waals surface area contributed by atoms with E-state index in [9.17, 15) is 14.4 Å². The highest BCUT2D eigenvalue weighted by molar-refractivity contribution is 6.15. The smallest absolute Gasteiger partial charge is 0.419 e. The van der Waals surface area contributed by atoms with Gasteiger partial charge in [0.1, 0.15) is 11.2 Å². The molecule has 9 heteroatoms. The molecule has 204 valence electrons. The van der Waals surface area contributed by atoms with Crippen molar-refractivity contribution in [2.45, 2.75) is 106 Å². The van der Waals surface area contributed by atoms with Crippen LogP contribution in [0.25, 0.3) is 5.57 Å². The van der Waals surface area contributed by atoms with Gasteiger partial charge in [0.15, 0.2) is 0 Å². The van der Waals surface area contributed by atoms with E-state index in [0.29, 0.717) is 24.1 Å². The molecule has 1 rings (SSSR count). The minimum Gasteiger partial charge on any atom is -0.462 e. The van der Waals surface area contributed by atoms with Crippen LogP contribution in [0.5, 0.6) is 0 Å². The second kappa shape index (κ2) is 12.9. The van der Waals surface area contributed by atoms with Crippen molar-refractivity contribution in [2.24, 2.45) is 5.41 Å². The van der Waals surface area contributed by atoms with E-state index in [1.54, 1.807) is 60.9 Å². The van der Waals surface area contributed by atoms with Crippen molar-refractivity contribution in [1.29, 1.82) is 0 Å². The minimum absolute atomic E-state index is 0.0659. The summed E-state index contributed by atoms with van der Waals surface area (Å²) in [4.78, 5) is 43.3.